The van der Waals surface area contributed by atoms with E-state index in [1.165, 1.54) is 0 Å². The Kier molecular flexibility index (Phi) is 5.99. The van der Waals surface area contributed by atoms with Gasteiger partial charge in [0.15, 0.2) is 0 Å². The number of aliphatic carboxylic acids is 1. The van der Waals surface area contributed by atoms with Gasteiger partial charge in [-0.25, -0.2) is 4.79 Å². The van der Waals surface area contributed by atoms with Gasteiger partial charge >= 0.3 is 12.0 Å². The molecule has 0 aromatic carbocycles. The van der Waals surface area contributed by atoms with Gasteiger partial charge in [-0.15, -0.1) is 0 Å². The molecule has 0 aliphatic carbocycles. The molecule has 0 aromatic rings. The number of hydrogen-bond donors (Lipinski definition) is 3. The summed E-state index contributed by atoms with van der Waals surface area (Å²) in [4.78, 5) is 22.0. The molecule has 0 saturated heterocycles. The van der Waals surface area contributed by atoms with E-state index >= 15 is 0 Å². The lowest BCUT2D eigenvalue weighted by atomic mass is 9.88. The Morgan fingerprint density at radius 1 is 1.18 bits per heavy atom. The maximum atomic E-state index is 11.6. The predicted molar refractivity (Wildman–Crippen MR) is 66.9 cm³/mol. The van der Waals surface area contributed by atoms with Crippen molar-refractivity contribution in [3.8, 4) is 0 Å². The first-order valence-corrected chi connectivity index (χ1v) is 5.91. The van der Waals surface area contributed by atoms with Gasteiger partial charge in [-0.3, -0.25) is 4.79 Å². The third-order valence-electron chi connectivity index (χ3n) is 2.82. The Hall–Kier alpha value is -1.26. The van der Waals surface area contributed by atoms with Crippen LogP contribution >= 0.6 is 0 Å². The Bertz CT molecular complexity index is 271. The van der Waals surface area contributed by atoms with Crippen molar-refractivity contribution in [1.29, 1.82) is 0 Å². The van der Waals surface area contributed by atoms with Crippen LogP contribution in [-0.2, 0) is 4.79 Å². The van der Waals surface area contributed by atoms with Crippen molar-refractivity contribution in [3.05, 3.63) is 0 Å². The lowest BCUT2D eigenvalue weighted by Crippen LogP contribution is -2.48. The van der Waals surface area contributed by atoms with Crippen molar-refractivity contribution in [3.63, 3.8) is 0 Å². The molecule has 2 amide bonds. The van der Waals surface area contributed by atoms with Gasteiger partial charge in [0.05, 0.1) is 0 Å². The molecule has 0 spiro atoms. The summed E-state index contributed by atoms with van der Waals surface area (Å²) in [5.74, 6) is -0.845. The quantitative estimate of drug-likeness (QED) is 0.692. The van der Waals surface area contributed by atoms with E-state index in [2.05, 4.69) is 10.6 Å². The smallest absolute Gasteiger partial charge is 0.315 e. The van der Waals surface area contributed by atoms with Gasteiger partial charge in [-0.1, -0.05) is 20.8 Å². The number of carboxylic acid groups (broad SMARTS) is 1. The minimum absolute atomic E-state index is 0.00163. The van der Waals surface area contributed by atoms with E-state index < -0.39 is 5.97 Å². The number of nitrogens with one attached hydrogen (secondary N) is 2. The molecule has 0 bridgehead atoms. The molecule has 0 aliphatic heterocycles. The zero-order valence-electron chi connectivity index (χ0n) is 11.3. The maximum Gasteiger partial charge on any atom is 0.315 e. The SMILES string of the molecule is CC(CCC(=O)O)NC(=O)NC(C)C(C)(C)C. The number of carbonyl (C=O) groups excluding carboxylic acids is 1. The highest BCUT2D eigenvalue weighted by Crippen LogP contribution is 2.18. The molecule has 0 rings (SSSR count). The van der Waals surface area contributed by atoms with Crippen LogP contribution < -0.4 is 10.6 Å². The fraction of sp³-hybridized carbons (Fsp3) is 0.833. The maximum absolute atomic E-state index is 11.6. The Labute approximate surface area is 103 Å². The molecule has 0 aliphatic rings. The number of carboxylic acids is 1. The molecule has 0 fully saturated rings. The lowest BCUT2D eigenvalue weighted by Gasteiger charge is -2.28. The minimum atomic E-state index is -0.845. The summed E-state index contributed by atoms with van der Waals surface area (Å²) < 4.78 is 0. The van der Waals surface area contributed by atoms with E-state index in [1.807, 2.05) is 27.7 Å². The minimum Gasteiger partial charge on any atom is -0.481 e. The second kappa shape index (κ2) is 6.47. The molecule has 5 nitrogen and oxygen atoms in total. The molecule has 0 saturated carbocycles. The van der Waals surface area contributed by atoms with Gasteiger partial charge in [-0.05, 0) is 25.7 Å². The third-order valence-corrected chi connectivity index (χ3v) is 2.82. The van der Waals surface area contributed by atoms with Crippen LogP contribution in [0.3, 0.4) is 0 Å². The first-order chi connectivity index (χ1) is 7.62. The fourth-order valence-corrected chi connectivity index (χ4v) is 1.09. The van der Waals surface area contributed by atoms with Crippen molar-refractivity contribution in [2.75, 3.05) is 0 Å². The van der Waals surface area contributed by atoms with Crippen LogP contribution in [0.4, 0.5) is 4.79 Å². The Balaban J connectivity index is 3.97. The summed E-state index contributed by atoms with van der Waals surface area (Å²) in [5.41, 5.74) is 0.00163. The van der Waals surface area contributed by atoms with Gasteiger partial charge in [-0.2, -0.15) is 0 Å². The van der Waals surface area contributed by atoms with E-state index in [9.17, 15) is 9.59 Å². The van der Waals surface area contributed by atoms with Crippen LogP contribution in [0.2, 0.25) is 0 Å². The molecular formula is C12H24N2O3. The molecule has 5 heteroatoms. The molecule has 0 aromatic heterocycles. The highest BCUT2D eigenvalue weighted by Gasteiger charge is 2.22. The summed E-state index contributed by atoms with van der Waals surface area (Å²) in [6.45, 7) is 9.88. The van der Waals surface area contributed by atoms with Crippen molar-refractivity contribution >= 4 is 12.0 Å². The number of hydrogen-bond acceptors (Lipinski definition) is 2. The zero-order chi connectivity index (χ0) is 13.6. The Morgan fingerprint density at radius 3 is 2.12 bits per heavy atom. The summed E-state index contributed by atoms with van der Waals surface area (Å²) in [6.07, 6.45) is 0.503. The molecule has 0 heterocycles. The van der Waals surface area contributed by atoms with Crippen LogP contribution in [0.5, 0.6) is 0 Å². The number of urea groups is 1. The van der Waals surface area contributed by atoms with E-state index in [4.69, 9.17) is 5.11 Å². The van der Waals surface area contributed by atoms with E-state index in [0.717, 1.165) is 0 Å². The summed E-state index contributed by atoms with van der Waals surface area (Å²) in [5, 5.41) is 14.1. The van der Waals surface area contributed by atoms with Gasteiger partial charge < -0.3 is 15.7 Å². The number of carbonyl (C=O) groups is 2. The number of amides is 2. The van der Waals surface area contributed by atoms with Crippen LogP contribution in [0, 0.1) is 5.41 Å². The van der Waals surface area contributed by atoms with Gasteiger partial charge in [0.2, 0.25) is 0 Å². The van der Waals surface area contributed by atoms with Crippen molar-refractivity contribution in [1.82, 2.24) is 10.6 Å². The monoisotopic (exact) mass is 244 g/mol. The van der Waals surface area contributed by atoms with Gasteiger partial charge in [0, 0.05) is 18.5 Å². The largest absolute Gasteiger partial charge is 0.481 e. The van der Waals surface area contributed by atoms with Crippen molar-refractivity contribution < 1.29 is 14.7 Å². The molecular weight excluding hydrogens is 220 g/mol. The van der Waals surface area contributed by atoms with Crippen molar-refractivity contribution in [2.45, 2.75) is 59.5 Å². The second-order valence-corrected chi connectivity index (χ2v) is 5.54. The zero-order valence-corrected chi connectivity index (χ0v) is 11.3. The fourth-order valence-electron chi connectivity index (χ4n) is 1.09. The molecule has 17 heavy (non-hydrogen) atoms. The summed E-state index contributed by atoms with van der Waals surface area (Å²) in [6, 6.07) is -0.335. The lowest BCUT2D eigenvalue weighted by molar-refractivity contribution is -0.137. The van der Waals surface area contributed by atoms with Crippen LogP contribution in [0.15, 0.2) is 0 Å². The molecule has 3 N–H and O–H groups in total. The average molecular weight is 244 g/mol. The highest BCUT2D eigenvalue weighted by atomic mass is 16.4. The molecule has 2 unspecified atom stereocenters. The van der Waals surface area contributed by atoms with Crippen molar-refractivity contribution in [2.24, 2.45) is 5.41 Å². The molecule has 100 valence electrons. The molecule has 0 radical (unpaired) electrons. The number of rotatable bonds is 5. The third kappa shape index (κ3) is 7.60. The first kappa shape index (κ1) is 15.7. The second-order valence-electron chi connectivity index (χ2n) is 5.54. The first-order valence-electron chi connectivity index (χ1n) is 5.91. The summed E-state index contributed by atoms with van der Waals surface area (Å²) in [7, 11) is 0. The topological polar surface area (TPSA) is 78.4 Å². The predicted octanol–water partition coefficient (Wildman–Crippen LogP) is 1.97. The average Bonchev–Trinajstić information content (AvgIpc) is 2.12. The Morgan fingerprint density at radius 2 is 1.71 bits per heavy atom. The van der Waals surface area contributed by atoms with E-state index in [-0.39, 0.29) is 30.0 Å². The van der Waals surface area contributed by atoms with E-state index in [0.29, 0.717) is 6.42 Å². The standard InChI is InChI=1S/C12H24N2O3/c1-8(6-7-10(15)16)13-11(17)14-9(2)12(3,4)5/h8-9H,6-7H2,1-5H3,(H,15,16)(H2,13,14,17). The van der Waals surface area contributed by atoms with Crippen LogP contribution in [-0.4, -0.2) is 29.2 Å². The van der Waals surface area contributed by atoms with E-state index in [1.54, 1.807) is 6.92 Å². The normalized spacial score (nSPS) is 14.9. The van der Waals surface area contributed by atoms with Gasteiger partial charge in [0.1, 0.15) is 0 Å². The highest BCUT2D eigenvalue weighted by molar-refractivity contribution is 5.74. The van der Waals surface area contributed by atoms with Crippen LogP contribution in [0.25, 0.3) is 0 Å². The molecule has 2 atom stereocenters. The van der Waals surface area contributed by atoms with Gasteiger partial charge in [0.25, 0.3) is 0 Å². The van der Waals surface area contributed by atoms with Crippen LogP contribution in [0.1, 0.15) is 47.5 Å². The summed E-state index contributed by atoms with van der Waals surface area (Å²) >= 11 is 0.